The summed E-state index contributed by atoms with van der Waals surface area (Å²) in [7, 11) is 0. The van der Waals surface area contributed by atoms with Crippen molar-refractivity contribution >= 4 is 22.8 Å². The van der Waals surface area contributed by atoms with Crippen molar-refractivity contribution in [3.05, 3.63) is 48.3 Å². The minimum Gasteiger partial charge on any atom is -0.508 e. The SMILES string of the molecule is Oc1ccc2nc(SCc3ccccn3)[nH]c2c1. The van der Waals surface area contributed by atoms with E-state index in [0.717, 1.165) is 27.6 Å². The number of hydrogen-bond acceptors (Lipinski definition) is 4. The number of rotatable bonds is 3. The quantitative estimate of drug-likeness (QED) is 0.708. The van der Waals surface area contributed by atoms with Crippen LogP contribution in [0.4, 0.5) is 0 Å². The first-order valence-corrected chi connectivity index (χ1v) is 6.51. The summed E-state index contributed by atoms with van der Waals surface area (Å²) in [6.07, 6.45) is 1.78. The highest BCUT2D eigenvalue weighted by molar-refractivity contribution is 7.98. The number of fused-ring (bicyclic) bond motifs is 1. The van der Waals surface area contributed by atoms with E-state index in [1.807, 2.05) is 18.2 Å². The molecule has 2 aromatic heterocycles. The number of nitrogens with one attached hydrogen (secondary N) is 1. The molecule has 0 bridgehead atoms. The van der Waals surface area contributed by atoms with Gasteiger partial charge >= 0.3 is 0 Å². The molecule has 0 unspecified atom stereocenters. The van der Waals surface area contributed by atoms with Crippen molar-refractivity contribution < 1.29 is 5.11 Å². The minimum absolute atomic E-state index is 0.243. The molecule has 0 amide bonds. The zero-order valence-electron chi connectivity index (χ0n) is 9.50. The number of aromatic hydroxyl groups is 1. The number of benzene rings is 1. The second-order valence-electron chi connectivity index (χ2n) is 3.85. The number of H-pyrrole nitrogens is 1. The van der Waals surface area contributed by atoms with Crippen LogP contribution in [-0.2, 0) is 5.75 Å². The Morgan fingerprint density at radius 2 is 2.17 bits per heavy atom. The Bertz CT molecular complexity index is 666. The summed E-state index contributed by atoms with van der Waals surface area (Å²) in [4.78, 5) is 11.9. The summed E-state index contributed by atoms with van der Waals surface area (Å²) in [6, 6.07) is 11.0. The number of phenols is 1. The van der Waals surface area contributed by atoms with Crippen LogP contribution >= 0.6 is 11.8 Å². The Hall–Kier alpha value is -2.01. The van der Waals surface area contributed by atoms with E-state index in [4.69, 9.17) is 0 Å². The second kappa shape index (κ2) is 4.70. The van der Waals surface area contributed by atoms with E-state index in [9.17, 15) is 5.11 Å². The van der Waals surface area contributed by atoms with E-state index in [-0.39, 0.29) is 5.75 Å². The van der Waals surface area contributed by atoms with E-state index >= 15 is 0 Å². The van der Waals surface area contributed by atoms with Gasteiger partial charge in [0, 0.05) is 18.0 Å². The average molecular weight is 257 g/mol. The van der Waals surface area contributed by atoms with Gasteiger partial charge in [0.1, 0.15) is 5.75 Å². The molecule has 0 spiro atoms. The third-order valence-electron chi connectivity index (χ3n) is 2.53. The first-order valence-electron chi connectivity index (χ1n) is 5.53. The summed E-state index contributed by atoms with van der Waals surface area (Å²) >= 11 is 1.59. The maximum Gasteiger partial charge on any atom is 0.166 e. The van der Waals surface area contributed by atoms with Crippen LogP contribution in [0.5, 0.6) is 5.75 Å². The van der Waals surface area contributed by atoms with Gasteiger partial charge in [-0.2, -0.15) is 0 Å². The molecular weight excluding hydrogens is 246 g/mol. The molecule has 0 fully saturated rings. The molecule has 3 aromatic rings. The largest absolute Gasteiger partial charge is 0.508 e. The van der Waals surface area contributed by atoms with E-state index in [1.165, 1.54) is 0 Å². The third-order valence-corrected chi connectivity index (χ3v) is 3.43. The predicted octanol–water partition coefficient (Wildman–Crippen LogP) is 2.96. The Kier molecular flexibility index (Phi) is 2.90. The van der Waals surface area contributed by atoms with Crippen molar-refractivity contribution in [1.82, 2.24) is 15.0 Å². The maximum atomic E-state index is 9.38. The number of aromatic nitrogens is 3. The molecule has 0 atom stereocenters. The Balaban J connectivity index is 1.79. The van der Waals surface area contributed by atoms with Crippen molar-refractivity contribution in [2.24, 2.45) is 0 Å². The molecule has 0 aliphatic carbocycles. The molecule has 2 heterocycles. The van der Waals surface area contributed by atoms with Crippen molar-refractivity contribution in [3.8, 4) is 5.75 Å². The molecule has 90 valence electrons. The highest BCUT2D eigenvalue weighted by Gasteiger charge is 2.04. The minimum atomic E-state index is 0.243. The third kappa shape index (κ3) is 2.31. The van der Waals surface area contributed by atoms with Crippen LogP contribution in [0.1, 0.15) is 5.69 Å². The fourth-order valence-corrected chi connectivity index (χ4v) is 2.47. The Labute approximate surface area is 108 Å². The number of imidazole rings is 1. The molecular formula is C13H11N3OS. The lowest BCUT2D eigenvalue weighted by molar-refractivity contribution is 0.476. The zero-order valence-corrected chi connectivity index (χ0v) is 10.3. The van der Waals surface area contributed by atoms with Crippen LogP contribution in [-0.4, -0.2) is 20.1 Å². The molecule has 18 heavy (non-hydrogen) atoms. The Morgan fingerprint density at radius 3 is 3.00 bits per heavy atom. The van der Waals surface area contributed by atoms with E-state index in [0.29, 0.717) is 0 Å². The van der Waals surface area contributed by atoms with Crippen LogP contribution in [0.15, 0.2) is 47.8 Å². The molecule has 0 saturated carbocycles. The lowest BCUT2D eigenvalue weighted by Crippen LogP contribution is -1.85. The van der Waals surface area contributed by atoms with E-state index in [1.54, 1.807) is 36.2 Å². The molecule has 4 nitrogen and oxygen atoms in total. The molecule has 0 saturated heterocycles. The van der Waals surface area contributed by atoms with Crippen LogP contribution in [0.25, 0.3) is 11.0 Å². The van der Waals surface area contributed by atoms with Gasteiger partial charge in [-0.15, -0.1) is 0 Å². The van der Waals surface area contributed by atoms with Crippen LogP contribution in [0.3, 0.4) is 0 Å². The molecule has 5 heteroatoms. The molecule has 0 aliphatic rings. The summed E-state index contributed by atoms with van der Waals surface area (Å²) in [5, 5.41) is 10.2. The van der Waals surface area contributed by atoms with E-state index < -0.39 is 0 Å². The number of phenolic OH excluding ortho intramolecular Hbond substituents is 1. The fourth-order valence-electron chi connectivity index (χ4n) is 1.67. The van der Waals surface area contributed by atoms with Crippen molar-refractivity contribution in [1.29, 1.82) is 0 Å². The molecule has 3 rings (SSSR count). The summed E-state index contributed by atoms with van der Waals surface area (Å²) < 4.78 is 0. The van der Waals surface area contributed by atoms with E-state index in [2.05, 4.69) is 15.0 Å². The highest BCUT2D eigenvalue weighted by Crippen LogP contribution is 2.24. The molecule has 0 radical (unpaired) electrons. The fraction of sp³-hybridized carbons (Fsp3) is 0.0769. The topological polar surface area (TPSA) is 61.8 Å². The molecule has 1 aromatic carbocycles. The van der Waals surface area contributed by atoms with Gasteiger partial charge in [0.05, 0.1) is 16.7 Å². The van der Waals surface area contributed by atoms with Crippen molar-refractivity contribution in [2.75, 3.05) is 0 Å². The van der Waals surface area contributed by atoms with Gasteiger partial charge in [0.2, 0.25) is 0 Å². The van der Waals surface area contributed by atoms with Crippen molar-refractivity contribution in [3.63, 3.8) is 0 Å². The summed E-state index contributed by atoms with van der Waals surface area (Å²) in [5.41, 5.74) is 2.72. The van der Waals surface area contributed by atoms with Gasteiger partial charge in [-0.05, 0) is 24.3 Å². The van der Waals surface area contributed by atoms with Gasteiger partial charge in [-0.3, -0.25) is 4.98 Å². The lowest BCUT2D eigenvalue weighted by atomic mass is 10.3. The number of pyridine rings is 1. The highest BCUT2D eigenvalue weighted by atomic mass is 32.2. The van der Waals surface area contributed by atoms with Gasteiger partial charge in [-0.1, -0.05) is 17.8 Å². The van der Waals surface area contributed by atoms with Crippen LogP contribution in [0, 0.1) is 0 Å². The van der Waals surface area contributed by atoms with Crippen molar-refractivity contribution in [2.45, 2.75) is 10.9 Å². The van der Waals surface area contributed by atoms with Gasteiger partial charge in [0.15, 0.2) is 5.16 Å². The standard InChI is InChI=1S/C13H11N3OS/c17-10-4-5-11-12(7-10)16-13(15-11)18-8-9-3-1-2-6-14-9/h1-7,17H,8H2,(H,15,16). The zero-order chi connectivity index (χ0) is 12.4. The summed E-state index contributed by atoms with van der Waals surface area (Å²) in [5.74, 6) is 1.01. The number of nitrogens with zero attached hydrogens (tertiary/aromatic N) is 2. The predicted molar refractivity (Wildman–Crippen MR) is 71.6 cm³/mol. The second-order valence-corrected chi connectivity index (χ2v) is 4.82. The number of aromatic amines is 1. The monoisotopic (exact) mass is 257 g/mol. The first kappa shape index (κ1) is 11.1. The Morgan fingerprint density at radius 1 is 1.22 bits per heavy atom. The van der Waals surface area contributed by atoms with Gasteiger partial charge < -0.3 is 10.1 Å². The summed E-state index contributed by atoms with van der Waals surface area (Å²) in [6.45, 7) is 0. The van der Waals surface area contributed by atoms with Gasteiger partial charge in [0.25, 0.3) is 0 Å². The molecule has 2 N–H and O–H groups in total. The van der Waals surface area contributed by atoms with Crippen LogP contribution < -0.4 is 0 Å². The average Bonchev–Trinajstić information content (AvgIpc) is 2.79. The number of thioether (sulfide) groups is 1. The van der Waals surface area contributed by atoms with Gasteiger partial charge in [-0.25, -0.2) is 4.98 Å². The maximum absolute atomic E-state index is 9.38. The first-order chi connectivity index (χ1) is 8.81. The molecule has 0 aliphatic heterocycles. The van der Waals surface area contributed by atoms with Crippen LogP contribution in [0.2, 0.25) is 0 Å². The number of hydrogen-bond donors (Lipinski definition) is 2. The smallest absolute Gasteiger partial charge is 0.166 e. The lowest BCUT2D eigenvalue weighted by Gasteiger charge is -1.96. The normalized spacial score (nSPS) is 10.9.